The molecule has 0 radical (unpaired) electrons. The maximum atomic E-state index is 13.2. The molecule has 1 aromatic heterocycles. The normalized spacial score (nSPS) is 21.4. The summed E-state index contributed by atoms with van der Waals surface area (Å²) in [5.74, 6) is -1.79. The molecule has 1 atom stereocenters. The van der Waals surface area contributed by atoms with Crippen molar-refractivity contribution >= 4 is 35.4 Å². The predicted molar refractivity (Wildman–Crippen MR) is 129 cm³/mol. The second-order valence-electron chi connectivity index (χ2n) is 9.37. The minimum Gasteiger partial charge on any atom is -0.494 e. The van der Waals surface area contributed by atoms with E-state index in [1.807, 2.05) is 22.9 Å². The first kappa shape index (κ1) is 23.5. The quantitative estimate of drug-likeness (QED) is 0.338. The molecule has 1 spiro atoms. The average molecular weight is 495 g/mol. The van der Waals surface area contributed by atoms with Crippen molar-refractivity contribution in [3.05, 3.63) is 50.2 Å². The Hall–Kier alpha value is -4.26. The number of aromatic hydroxyl groups is 1. The van der Waals surface area contributed by atoms with Gasteiger partial charge in [0.05, 0.1) is 11.7 Å². The van der Waals surface area contributed by atoms with E-state index in [4.69, 9.17) is 0 Å². The number of piperazine rings is 1. The molecule has 0 bridgehead atoms. The summed E-state index contributed by atoms with van der Waals surface area (Å²) in [6.07, 6.45) is 1.23. The van der Waals surface area contributed by atoms with Gasteiger partial charge in [-0.25, -0.2) is 9.59 Å². The second kappa shape index (κ2) is 8.16. The number of barbiturate groups is 1. The molecule has 3 aliphatic heterocycles. The Kier molecular flexibility index (Phi) is 5.32. The molecule has 2 fully saturated rings. The Balaban J connectivity index is 1.58. The van der Waals surface area contributed by atoms with Crippen molar-refractivity contribution in [1.82, 2.24) is 24.7 Å². The number of hydrogen-bond donors (Lipinski definition) is 3. The monoisotopic (exact) mass is 495 g/mol. The largest absolute Gasteiger partial charge is 0.494 e. The molecule has 5 rings (SSSR count). The van der Waals surface area contributed by atoms with Gasteiger partial charge in [0, 0.05) is 45.6 Å². The topological polar surface area (TPSA) is 158 Å². The molecule has 0 unspecified atom stereocenters. The molecule has 36 heavy (non-hydrogen) atoms. The van der Waals surface area contributed by atoms with E-state index in [1.54, 1.807) is 12.1 Å². The third-order valence-corrected chi connectivity index (χ3v) is 7.27. The van der Waals surface area contributed by atoms with E-state index < -0.39 is 46.4 Å². The fraction of sp³-hybridized carbons (Fsp3) is 0.391. The van der Waals surface area contributed by atoms with Crippen LogP contribution >= 0.6 is 0 Å². The van der Waals surface area contributed by atoms with Gasteiger partial charge in [-0.2, -0.15) is 0 Å². The van der Waals surface area contributed by atoms with Crippen LogP contribution in [0.25, 0.3) is 0 Å². The number of aromatic nitrogens is 2. The molecule has 1 aromatic carbocycles. The van der Waals surface area contributed by atoms with Crippen LogP contribution in [0, 0.1) is 5.41 Å². The van der Waals surface area contributed by atoms with Crippen LogP contribution in [0.2, 0.25) is 0 Å². The number of nitrogens with one attached hydrogen (secondary N) is 2. The van der Waals surface area contributed by atoms with E-state index in [-0.39, 0.29) is 12.0 Å². The highest BCUT2D eigenvalue weighted by Gasteiger charge is 2.60. The lowest BCUT2D eigenvalue weighted by molar-refractivity contribution is -0.147. The molecular weight excluding hydrogens is 470 g/mol. The highest BCUT2D eigenvalue weighted by molar-refractivity contribution is 6.20. The van der Waals surface area contributed by atoms with Gasteiger partial charge in [-0.3, -0.25) is 39.1 Å². The minimum absolute atomic E-state index is 0.0541. The lowest BCUT2D eigenvalue weighted by Gasteiger charge is -2.53. The number of aliphatic imine (C=N–C) groups is 1. The Morgan fingerprint density at radius 2 is 1.72 bits per heavy atom. The van der Waals surface area contributed by atoms with Gasteiger partial charge < -0.3 is 14.9 Å². The van der Waals surface area contributed by atoms with E-state index >= 15 is 0 Å². The molecule has 0 saturated carbocycles. The van der Waals surface area contributed by atoms with Gasteiger partial charge >= 0.3 is 11.7 Å². The van der Waals surface area contributed by atoms with Crippen molar-refractivity contribution in [3.8, 4) is 5.88 Å². The maximum Gasteiger partial charge on any atom is 0.333 e. The van der Waals surface area contributed by atoms with Gasteiger partial charge in [0.1, 0.15) is 5.56 Å². The molecule has 3 aliphatic rings. The maximum absolute atomic E-state index is 13.2. The van der Waals surface area contributed by atoms with Crippen molar-refractivity contribution in [2.45, 2.75) is 12.5 Å². The Morgan fingerprint density at radius 3 is 2.42 bits per heavy atom. The number of hydrogen-bond acceptors (Lipinski definition) is 9. The minimum atomic E-state index is -1.51. The van der Waals surface area contributed by atoms with Gasteiger partial charge in [-0.05, 0) is 37.2 Å². The number of carbonyl (C=O) groups excluding carboxylic acids is 3. The van der Waals surface area contributed by atoms with Gasteiger partial charge in [0.2, 0.25) is 17.7 Å². The van der Waals surface area contributed by atoms with Crippen molar-refractivity contribution in [1.29, 1.82) is 0 Å². The van der Waals surface area contributed by atoms with Crippen molar-refractivity contribution in [2.75, 3.05) is 31.6 Å². The van der Waals surface area contributed by atoms with Crippen LogP contribution in [0.3, 0.4) is 0 Å². The molecule has 2 saturated heterocycles. The zero-order chi connectivity index (χ0) is 25.9. The molecule has 188 valence electrons. The summed E-state index contributed by atoms with van der Waals surface area (Å²) in [6.45, 7) is 1.77. The Labute approximate surface area is 204 Å². The van der Waals surface area contributed by atoms with Crippen LogP contribution in [-0.2, 0) is 30.1 Å². The number of anilines is 1. The standard InChI is InChI=1S/C23H25N7O6/c1-27-6-7-30-15-5-4-13(24-10-14-17(31)28(2)22(36)29(3)18(14)32)8-12(15)9-23(16(30)11-27)19(33)25-21(35)26-20(23)34/h4-5,8,10,16,31H,6-7,9,11H2,1-3H3,(H2,25,26,33,34,35)/t16-/m0/s1. The number of likely N-dealkylation sites (N-methyl/N-ethyl adjacent to an activating group) is 1. The highest BCUT2D eigenvalue weighted by Crippen LogP contribution is 2.45. The third-order valence-electron chi connectivity index (χ3n) is 7.27. The molecule has 13 heteroatoms. The van der Waals surface area contributed by atoms with Gasteiger partial charge in [-0.1, -0.05) is 0 Å². The SMILES string of the molecule is CN1CCN2c3ccc(N=Cc4c(O)n(C)c(=O)n(C)c4=O)cc3CC3(C(=O)NC(=O)NC3=O)[C@@H]2C1. The first-order valence-electron chi connectivity index (χ1n) is 11.3. The molecular formula is C23H25N7O6. The Bertz CT molecular complexity index is 1450. The van der Waals surface area contributed by atoms with Crippen molar-refractivity contribution < 1.29 is 19.5 Å². The number of fused-ring (bicyclic) bond motifs is 4. The molecule has 4 amide bonds. The number of urea groups is 1. The second-order valence-corrected chi connectivity index (χ2v) is 9.37. The Morgan fingerprint density at radius 1 is 1.03 bits per heavy atom. The fourth-order valence-electron chi connectivity index (χ4n) is 5.26. The smallest absolute Gasteiger partial charge is 0.333 e. The van der Waals surface area contributed by atoms with Crippen LogP contribution in [0.1, 0.15) is 11.1 Å². The first-order valence-corrected chi connectivity index (χ1v) is 11.3. The van der Waals surface area contributed by atoms with E-state index in [9.17, 15) is 29.1 Å². The molecule has 4 heterocycles. The molecule has 2 aromatic rings. The van der Waals surface area contributed by atoms with E-state index in [1.165, 1.54) is 20.3 Å². The summed E-state index contributed by atoms with van der Waals surface area (Å²) >= 11 is 0. The predicted octanol–water partition coefficient (Wildman–Crippen LogP) is -1.43. The summed E-state index contributed by atoms with van der Waals surface area (Å²) in [7, 11) is 4.56. The van der Waals surface area contributed by atoms with Crippen LogP contribution in [0.15, 0.2) is 32.8 Å². The molecule has 0 aliphatic carbocycles. The fourth-order valence-corrected chi connectivity index (χ4v) is 5.26. The van der Waals surface area contributed by atoms with Crippen molar-refractivity contribution in [3.63, 3.8) is 0 Å². The van der Waals surface area contributed by atoms with Gasteiger partial charge in [0.25, 0.3) is 5.56 Å². The lowest BCUT2D eigenvalue weighted by atomic mass is 9.68. The van der Waals surface area contributed by atoms with Crippen LogP contribution in [0.4, 0.5) is 16.2 Å². The summed E-state index contributed by atoms with van der Waals surface area (Å²) in [5, 5.41) is 14.8. The molecule has 13 nitrogen and oxygen atoms in total. The number of rotatable bonds is 2. The average Bonchev–Trinajstić information content (AvgIpc) is 2.84. The van der Waals surface area contributed by atoms with Gasteiger partial charge in [0.15, 0.2) is 5.41 Å². The first-order chi connectivity index (χ1) is 17.0. The number of benzene rings is 1. The number of nitrogens with zero attached hydrogens (tertiary/aromatic N) is 5. The van der Waals surface area contributed by atoms with E-state index in [0.29, 0.717) is 24.3 Å². The number of carbonyl (C=O) groups is 3. The highest BCUT2D eigenvalue weighted by atomic mass is 16.3. The molecule has 3 N–H and O–H groups in total. The zero-order valence-corrected chi connectivity index (χ0v) is 19.9. The summed E-state index contributed by atoms with van der Waals surface area (Å²) in [4.78, 5) is 71.0. The summed E-state index contributed by atoms with van der Waals surface area (Å²) in [5.41, 5.74) is -1.07. The van der Waals surface area contributed by atoms with E-state index in [2.05, 4.69) is 15.6 Å². The van der Waals surface area contributed by atoms with E-state index in [0.717, 1.165) is 21.4 Å². The zero-order valence-electron chi connectivity index (χ0n) is 19.9. The lowest BCUT2D eigenvalue weighted by Crippen LogP contribution is -2.74. The number of imide groups is 2. The third kappa shape index (κ3) is 3.34. The van der Waals surface area contributed by atoms with Crippen LogP contribution in [0.5, 0.6) is 5.88 Å². The summed E-state index contributed by atoms with van der Waals surface area (Å²) < 4.78 is 1.81. The van der Waals surface area contributed by atoms with Gasteiger partial charge in [-0.15, -0.1) is 0 Å². The summed E-state index contributed by atoms with van der Waals surface area (Å²) in [6, 6.07) is 3.97. The van der Waals surface area contributed by atoms with Crippen molar-refractivity contribution in [2.24, 2.45) is 24.5 Å². The van der Waals surface area contributed by atoms with Crippen LogP contribution < -0.4 is 26.8 Å². The van der Waals surface area contributed by atoms with Crippen LogP contribution in [-0.4, -0.2) is 75.9 Å². The number of amides is 4.